The van der Waals surface area contributed by atoms with Crippen molar-refractivity contribution in [1.82, 2.24) is 10.3 Å². The minimum atomic E-state index is -3.86. The largest absolute Gasteiger partial charge is 0.349 e. The van der Waals surface area contributed by atoms with E-state index >= 15 is 0 Å². The first-order valence-electron chi connectivity index (χ1n) is 6.87. The van der Waals surface area contributed by atoms with E-state index in [1.54, 1.807) is 24.4 Å². The van der Waals surface area contributed by atoms with Gasteiger partial charge in [0.2, 0.25) is 15.9 Å². The zero-order valence-electron chi connectivity index (χ0n) is 12.7. The van der Waals surface area contributed by atoms with Gasteiger partial charge in [0.15, 0.2) is 11.6 Å². The predicted molar refractivity (Wildman–Crippen MR) is 84.6 cm³/mol. The van der Waals surface area contributed by atoms with Crippen LogP contribution in [-0.2, 0) is 21.4 Å². The summed E-state index contributed by atoms with van der Waals surface area (Å²) >= 11 is 0. The Labute approximate surface area is 138 Å². The van der Waals surface area contributed by atoms with Crippen LogP contribution in [-0.4, -0.2) is 32.1 Å². The summed E-state index contributed by atoms with van der Waals surface area (Å²) in [6, 6.07) is 7.78. The van der Waals surface area contributed by atoms with Crippen LogP contribution in [0.4, 0.5) is 14.5 Å². The van der Waals surface area contributed by atoms with Crippen molar-refractivity contribution in [3.8, 4) is 0 Å². The van der Waals surface area contributed by atoms with Crippen molar-refractivity contribution in [2.24, 2.45) is 0 Å². The van der Waals surface area contributed by atoms with Gasteiger partial charge < -0.3 is 5.32 Å². The van der Waals surface area contributed by atoms with E-state index in [4.69, 9.17) is 0 Å². The summed E-state index contributed by atoms with van der Waals surface area (Å²) in [5.74, 6) is -2.90. The molecule has 0 spiro atoms. The van der Waals surface area contributed by atoms with Crippen LogP contribution in [0.15, 0.2) is 42.6 Å². The van der Waals surface area contributed by atoms with Gasteiger partial charge in [-0.25, -0.2) is 17.2 Å². The fourth-order valence-corrected chi connectivity index (χ4v) is 2.77. The van der Waals surface area contributed by atoms with E-state index in [-0.39, 0.29) is 12.2 Å². The number of amides is 1. The number of halogens is 2. The molecule has 0 saturated carbocycles. The molecule has 1 aromatic carbocycles. The van der Waals surface area contributed by atoms with Crippen LogP contribution in [0.1, 0.15) is 5.69 Å². The third-order valence-corrected chi connectivity index (χ3v) is 4.21. The SMILES string of the molecule is CS(=O)(=O)N(CC(=O)NCc1ccccn1)c1ccc(F)c(F)c1. The number of benzene rings is 1. The first-order valence-corrected chi connectivity index (χ1v) is 8.71. The molecule has 2 aromatic rings. The van der Waals surface area contributed by atoms with E-state index in [9.17, 15) is 22.0 Å². The summed E-state index contributed by atoms with van der Waals surface area (Å²) in [6.45, 7) is -0.439. The average molecular weight is 355 g/mol. The molecule has 128 valence electrons. The highest BCUT2D eigenvalue weighted by Crippen LogP contribution is 2.20. The quantitative estimate of drug-likeness (QED) is 0.850. The molecule has 6 nitrogen and oxygen atoms in total. The van der Waals surface area contributed by atoms with Crippen molar-refractivity contribution >= 4 is 21.6 Å². The number of aromatic nitrogens is 1. The highest BCUT2D eigenvalue weighted by atomic mass is 32.2. The van der Waals surface area contributed by atoms with Gasteiger partial charge in [-0.2, -0.15) is 0 Å². The van der Waals surface area contributed by atoms with Gasteiger partial charge in [-0.15, -0.1) is 0 Å². The van der Waals surface area contributed by atoms with Gasteiger partial charge in [0, 0.05) is 12.3 Å². The third kappa shape index (κ3) is 4.72. The second-order valence-corrected chi connectivity index (χ2v) is 6.87. The number of carbonyl (C=O) groups excluding carboxylic acids is 1. The number of nitrogens with one attached hydrogen (secondary N) is 1. The maximum absolute atomic E-state index is 13.3. The van der Waals surface area contributed by atoms with Gasteiger partial charge in [0.1, 0.15) is 6.54 Å². The van der Waals surface area contributed by atoms with Gasteiger partial charge in [0.25, 0.3) is 0 Å². The summed E-state index contributed by atoms with van der Waals surface area (Å²) in [5.41, 5.74) is 0.467. The predicted octanol–water partition coefficient (Wildman–Crippen LogP) is 1.44. The molecular formula is C15H15F2N3O3S. The number of carbonyl (C=O) groups is 1. The summed E-state index contributed by atoms with van der Waals surface area (Å²) in [6.07, 6.45) is 2.44. The molecule has 2 rings (SSSR count). The van der Waals surface area contributed by atoms with Crippen LogP contribution in [0.5, 0.6) is 0 Å². The molecule has 0 aliphatic heterocycles. The standard InChI is InChI=1S/C15H15F2N3O3S/c1-24(22,23)20(12-5-6-13(16)14(17)8-12)10-15(21)19-9-11-4-2-3-7-18-11/h2-8H,9-10H2,1H3,(H,19,21). The minimum Gasteiger partial charge on any atom is -0.349 e. The smallest absolute Gasteiger partial charge is 0.241 e. The first-order chi connectivity index (χ1) is 11.3. The Balaban J connectivity index is 2.11. The van der Waals surface area contributed by atoms with Crippen molar-refractivity contribution < 1.29 is 22.0 Å². The van der Waals surface area contributed by atoms with Crippen molar-refractivity contribution in [3.05, 3.63) is 59.9 Å². The summed E-state index contributed by atoms with van der Waals surface area (Å²) in [7, 11) is -3.86. The van der Waals surface area contributed by atoms with Crippen LogP contribution in [0.3, 0.4) is 0 Å². The number of rotatable bonds is 6. The number of hydrogen-bond acceptors (Lipinski definition) is 4. The summed E-state index contributed by atoms with van der Waals surface area (Å²) in [5, 5.41) is 2.52. The number of pyridine rings is 1. The molecular weight excluding hydrogens is 340 g/mol. The summed E-state index contributed by atoms with van der Waals surface area (Å²) < 4.78 is 50.7. The molecule has 9 heteroatoms. The van der Waals surface area contributed by atoms with E-state index in [1.807, 2.05) is 0 Å². The van der Waals surface area contributed by atoms with E-state index in [0.29, 0.717) is 10.00 Å². The Bertz CT molecular complexity index is 829. The number of anilines is 1. The number of hydrogen-bond donors (Lipinski definition) is 1. The lowest BCUT2D eigenvalue weighted by atomic mass is 10.3. The fraction of sp³-hybridized carbons (Fsp3) is 0.200. The zero-order chi connectivity index (χ0) is 17.7. The molecule has 1 aromatic heterocycles. The van der Waals surface area contributed by atoms with E-state index in [2.05, 4.69) is 10.3 Å². The molecule has 1 heterocycles. The molecule has 0 bridgehead atoms. The van der Waals surface area contributed by atoms with Crippen molar-refractivity contribution in [3.63, 3.8) is 0 Å². The van der Waals surface area contributed by atoms with Gasteiger partial charge in [-0.3, -0.25) is 14.1 Å². The second kappa shape index (κ2) is 7.35. The van der Waals surface area contributed by atoms with Crippen LogP contribution in [0.2, 0.25) is 0 Å². The van der Waals surface area contributed by atoms with Gasteiger partial charge in [0.05, 0.1) is 24.2 Å². The maximum atomic E-state index is 13.3. The topological polar surface area (TPSA) is 79.4 Å². The lowest BCUT2D eigenvalue weighted by Crippen LogP contribution is -2.40. The monoisotopic (exact) mass is 355 g/mol. The molecule has 0 aliphatic rings. The molecule has 24 heavy (non-hydrogen) atoms. The fourth-order valence-electron chi connectivity index (χ4n) is 1.92. The molecule has 0 radical (unpaired) electrons. The Morgan fingerprint density at radius 2 is 1.96 bits per heavy atom. The normalized spacial score (nSPS) is 11.1. The first kappa shape index (κ1) is 17.8. The zero-order valence-corrected chi connectivity index (χ0v) is 13.6. The molecule has 0 aliphatic carbocycles. The Kier molecular flexibility index (Phi) is 5.45. The molecule has 1 N–H and O–H groups in total. The average Bonchev–Trinajstić information content (AvgIpc) is 2.53. The van der Waals surface area contributed by atoms with E-state index < -0.39 is 34.1 Å². The second-order valence-electron chi connectivity index (χ2n) is 4.97. The Hall–Kier alpha value is -2.55. The van der Waals surface area contributed by atoms with Gasteiger partial charge in [-0.05, 0) is 24.3 Å². The molecule has 1 amide bonds. The van der Waals surface area contributed by atoms with E-state index in [0.717, 1.165) is 24.5 Å². The van der Waals surface area contributed by atoms with Crippen LogP contribution < -0.4 is 9.62 Å². The van der Waals surface area contributed by atoms with Crippen LogP contribution >= 0.6 is 0 Å². The molecule has 0 unspecified atom stereocenters. The van der Waals surface area contributed by atoms with Crippen LogP contribution in [0, 0.1) is 11.6 Å². The minimum absolute atomic E-state index is 0.120. The molecule has 0 fully saturated rings. The number of sulfonamides is 1. The molecule has 0 saturated heterocycles. The van der Waals surface area contributed by atoms with Crippen molar-refractivity contribution in [1.29, 1.82) is 0 Å². The lowest BCUT2D eigenvalue weighted by Gasteiger charge is -2.22. The van der Waals surface area contributed by atoms with Gasteiger partial charge >= 0.3 is 0 Å². The Morgan fingerprint density at radius 3 is 2.54 bits per heavy atom. The van der Waals surface area contributed by atoms with Gasteiger partial charge in [-0.1, -0.05) is 6.07 Å². The number of nitrogens with zero attached hydrogens (tertiary/aromatic N) is 2. The summed E-state index contributed by atoms with van der Waals surface area (Å²) in [4.78, 5) is 16.0. The maximum Gasteiger partial charge on any atom is 0.241 e. The van der Waals surface area contributed by atoms with E-state index in [1.165, 1.54) is 0 Å². The van der Waals surface area contributed by atoms with Crippen molar-refractivity contribution in [2.75, 3.05) is 17.1 Å². The molecule has 0 atom stereocenters. The highest BCUT2D eigenvalue weighted by Gasteiger charge is 2.22. The van der Waals surface area contributed by atoms with Crippen LogP contribution in [0.25, 0.3) is 0 Å². The Morgan fingerprint density at radius 1 is 1.21 bits per heavy atom. The van der Waals surface area contributed by atoms with Crippen molar-refractivity contribution in [2.45, 2.75) is 6.54 Å². The lowest BCUT2D eigenvalue weighted by molar-refractivity contribution is -0.119. The highest BCUT2D eigenvalue weighted by molar-refractivity contribution is 7.92. The third-order valence-electron chi connectivity index (χ3n) is 3.07.